The number of aromatic hydroxyl groups is 1. The first kappa shape index (κ1) is 20.9. The van der Waals surface area contributed by atoms with Crippen LogP contribution in [0.1, 0.15) is 18.1 Å². The number of hydrogen-bond acceptors (Lipinski definition) is 4. The van der Waals surface area contributed by atoms with E-state index < -0.39 is 0 Å². The number of nitrogens with two attached hydrogens (primary N) is 1. The molecule has 0 atom stereocenters. The maximum atomic E-state index is 9.91. The van der Waals surface area contributed by atoms with E-state index in [-0.39, 0.29) is 29.7 Å². The van der Waals surface area contributed by atoms with Crippen molar-refractivity contribution < 1.29 is 14.6 Å². The van der Waals surface area contributed by atoms with Gasteiger partial charge >= 0.3 is 0 Å². The quantitative estimate of drug-likeness (QED) is 0.351. The molecule has 0 aromatic heterocycles. The summed E-state index contributed by atoms with van der Waals surface area (Å²) >= 11 is 0. The number of benzene rings is 2. The van der Waals surface area contributed by atoms with E-state index in [4.69, 9.17) is 15.2 Å². The summed E-state index contributed by atoms with van der Waals surface area (Å²) in [6.45, 7) is 2.43. The Morgan fingerprint density at radius 1 is 1.12 bits per heavy atom. The third-order valence-electron chi connectivity index (χ3n) is 3.58. The van der Waals surface area contributed by atoms with Crippen molar-refractivity contribution >= 4 is 35.6 Å². The van der Waals surface area contributed by atoms with Gasteiger partial charge in [0.25, 0.3) is 0 Å². The van der Waals surface area contributed by atoms with Crippen molar-refractivity contribution in [2.24, 2.45) is 10.7 Å². The van der Waals surface area contributed by atoms with Gasteiger partial charge in [0.2, 0.25) is 5.75 Å². The summed E-state index contributed by atoms with van der Waals surface area (Å²) in [6.07, 6.45) is 0.958. The third-order valence-corrected chi connectivity index (χ3v) is 3.58. The highest BCUT2D eigenvalue weighted by atomic mass is 127. The molecule has 0 aliphatic carbocycles. The van der Waals surface area contributed by atoms with E-state index in [0.717, 1.165) is 17.7 Å². The molecule has 25 heavy (non-hydrogen) atoms. The van der Waals surface area contributed by atoms with Gasteiger partial charge in [0.1, 0.15) is 0 Å². The average molecular weight is 457 g/mol. The van der Waals surface area contributed by atoms with Gasteiger partial charge < -0.3 is 25.6 Å². The number of phenolic OH excluding ortho intramolecular Hbond substituents is 1. The second-order valence-corrected chi connectivity index (χ2v) is 5.23. The molecule has 6 nitrogen and oxygen atoms in total. The van der Waals surface area contributed by atoms with E-state index >= 15 is 0 Å². The predicted molar refractivity (Wildman–Crippen MR) is 111 cm³/mol. The Morgan fingerprint density at radius 3 is 2.32 bits per heavy atom. The van der Waals surface area contributed by atoms with Crippen LogP contribution in [0.5, 0.6) is 17.2 Å². The van der Waals surface area contributed by atoms with Crippen LogP contribution in [0.2, 0.25) is 0 Å². The highest BCUT2D eigenvalue weighted by Gasteiger charge is 2.11. The summed E-state index contributed by atoms with van der Waals surface area (Å²) in [4.78, 5) is 4.32. The molecule has 4 N–H and O–H groups in total. The fraction of sp³-hybridized carbons (Fsp3) is 0.278. The molecule has 0 saturated heterocycles. The van der Waals surface area contributed by atoms with Gasteiger partial charge in [0, 0.05) is 5.69 Å². The monoisotopic (exact) mass is 457 g/mol. The minimum absolute atomic E-state index is 0. The molecular weight excluding hydrogens is 433 g/mol. The lowest BCUT2D eigenvalue weighted by Crippen LogP contribution is -2.22. The zero-order chi connectivity index (χ0) is 17.5. The minimum Gasteiger partial charge on any atom is -0.502 e. The topological polar surface area (TPSA) is 89.1 Å². The SMILES string of the molecule is CCc1cccc(NC(N)=NCc2cc(OC)c(O)c(OC)c2)c1.I. The Balaban J connectivity index is 0.00000312. The van der Waals surface area contributed by atoms with Crippen LogP contribution in [0.15, 0.2) is 41.4 Å². The van der Waals surface area contributed by atoms with E-state index in [1.165, 1.54) is 19.8 Å². The Morgan fingerprint density at radius 2 is 1.76 bits per heavy atom. The summed E-state index contributed by atoms with van der Waals surface area (Å²) < 4.78 is 10.3. The number of phenols is 1. The van der Waals surface area contributed by atoms with Gasteiger partial charge in [-0.15, -0.1) is 24.0 Å². The minimum atomic E-state index is -0.0322. The summed E-state index contributed by atoms with van der Waals surface area (Å²) in [6, 6.07) is 11.4. The first-order chi connectivity index (χ1) is 11.6. The Bertz CT molecular complexity index is 710. The number of nitrogens with zero attached hydrogens (tertiary/aromatic N) is 1. The van der Waals surface area contributed by atoms with Gasteiger partial charge in [-0.25, -0.2) is 4.99 Å². The van der Waals surface area contributed by atoms with Crippen LogP contribution >= 0.6 is 24.0 Å². The number of hydrogen-bond donors (Lipinski definition) is 3. The Kier molecular flexibility index (Phi) is 8.33. The Labute approximate surface area is 165 Å². The molecule has 0 unspecified atom stereocenters. The lowest BCUT2D eigenvalue weighted by atomic mass is 10.1. The van der Waals surface area contributed by atoms with Crippen molar-refractivity contribution in [3.63, 3.8) is 0 Å². The lowest BCUT2D eigenvalue weighted by Gasteiger charge is -2.11. The number of methoxy groups -OCH3 is 2. The van der Waals surface area contributed by atoms with E-state index in [0.29, 0.717) is 24.0 Å². The number of ether oxygens (including phenoxy) is 2. The second kappa shape index (κ2) is 9.97. The largest absolute Gasteiger partial charge is 0.502 e. The third kappa shape index (κ3) is 5.70. The van der Waals surface area contributed by atoms with E-state index in [1.807, 2.05) is 18.2 Å². The van der Waals surface area contributed by atoms with Gasteiger partial charge in [-0.3, -0.25) is 0 Å². The van der Waals surface area contributed by atoms with E-state index in [2.05, 4.69) is 23.3 Å². The maximum absolute atomic E-state index is 9.91. The molecule has 0 radical (unpaired) electrons. The van der Waals surface area contributed by atoms with Gasteiger partial charge in [0.15, 0.2) is 17.5 Å². The number of rotatable bonds is 6. The van der Waals surface area contributed by atoms with Crippen LogP contribution in [0.3, 0.4) is 0 Å². The molecule has 2 rings (SSSR count). The summed E-state index contributed by atoms with van der Waals surface area (Å²) in [5.41, 5.74) is 8.88. The smallest absolute Gasteiger partial charge is 0.200 e. The van der Waals surface area contributed by atoms with Crippen molar-refractivity contribution in [1.29, 1.82) is 0 Å². The summed E-state index contributed by atoms with van der Waals surface area (Å²) in [5.74, 6) is 0.952. The van der Waals surface area contributed by atoms with Crippen molar-refractivity contribution in [2.45, 2.75) is 19.9 Å². The molecule has 0 heterocycles. The van der Waals surface area contributed by atoms with Gasteiger partial charge in [0.05, 0.1) is 20.8 Å². The fourth-order valence-corrected chi connectivity index (χ4v) is 2.27. The van der Waals surface area contributed by atoms with Crippen molar-refractivity contribution in [3.8, 4) is 17.2 Å². The molecule has 136 valence electrons. The number of aryl methyl sites for hydroxylation is 1. The molecular formula is C18H24IN3O3. The zero-order valence-electron chi connectivity index (χ0n) is 14.6. The first-order valence-corrected chi connectivity index (χ1v) is 7.67. The van der Waals surface area contributed by atoms with Crippen molar-refractivity contribution in [1.82, 2.24) is 0 Å². The van der Waals surface area contributed by atoms with Crippen LogP contribution in [-0.2, 0) is 13.0 Å². The molecule has 0 amide bonds. The predicted octanol–water partition coefficient (Wildman–Crippen LogP) is 3.52. The van der Waals surface area contributed by atoms with Crippen LogP contribution < -0.4 is 20.5 Å². The molecule has 0 aliphatic heterocycles. The molecule has 7 heteroatoms. The lowest BCUT2D eigenvalue weighted by molar-refractivity contribution is 0.339. The summed E-state index contributed by atoms with van der Waals surface area (Å²) in [7, 11) is 2.97. The summed E-state index contributed by atoms with van der Waals surface area (Å²) in [5, 5.41) is 13.0. The highest BCUT2D eigenvalue weighted by molar-refractivity contribution is 14.0. The van der Waals surface area contributed by atoms with Crippen molar-refractivity contribution in [3.05, 3.63) is 47.5 Å². The number of aliphatic imine (C=N–C) groups is 1. The van der Waals surface area contributed by atoms with Gasteiger partial charge in [-0.2, -0.15) is 0 Å². The molecule has 2 aromatic carbocycles. The fourth-order valence-electron chi connectivity index (χ4n) is 2.27. The van der Waals surface area contributed by atoms with Crippen LogP contribution in [0.4, 0.5) is 5.69 Å². The number of anilines is 1. The van der Waals surface area contributed by atoms with E-state index in [9.17, 15) is 5.11 Å². The van der Waals surface area contributed by atoms with Crippen LogP contribution in [0, 0.1) is 0 Å². The van der Waals surface area contributed by atoms with Crippen molar-refractivity contribution in [2.75, 3.05) is 19.5 Å². The van der Waals surface area contributed by atoms with Crippen LogP contribution in [-0.4, -0.2) is 25.3 Å². The van der Waals surface area contributed by atoms with Crippen LogP contribution in [0.25, 0.3) is 0 Å². The molecule has 0 saturated carbocycles. The second-order valence-electron chi connectivity index (χ2n) is 5.23. The van der Waals surface area contributed by atoms with Gasteiger partial charge in [-0.05, 0) is 41.8 Å². The standard InChI is InChI=1S/C18H23N3O3.HI/c1-4-12-6-5-7-14(8-12)21-18(19)20-11-13-9-15(23-2)17(22)16(10-13)24-3;/h5-10,22H,4,11H2,1-3H3,(H3,19,20,21);1H. The highest BCUT2D eigenvalue weighted by Crippen LogP contribution is 2.37. The number of nitrogens with one attached hydrogen (secondary N) is 1. The van der Waals surface area contributed by atoms with E-state index in [1.54, 1.807) is 12.1 Å². The maximum Gasteiger partial charge on any atom is 0.200 e. The van der Waals surface area contributed by atoms with Gasteiger partial charge in [-0.1, -0.05) is 19.1 Å². The number of halogens is 1. The molecule has 2 aromatic rings. The number of guanidine groups is 1. The first-order valence-electron chi connectivity index (χ1n) is 7.67. The molecule has 0 fully saturated rings. The molecule has 0 aliphatic rings. The average Bonchev–Trinajstić information content (AvgIpc) is 2.60. The molecule has 0 spiro atoms. The molecule has 0 bridgehead atoms. The normalized spacial score (nSPS) is 10.8. The Hall–Kier alpha value is -2.16. The zero-order valence-corrected chi connectivity index (χ0v) is 16.9.